The summed E-state index contributed by atoms with van der Waals surface area (Å²) in [5, 5.41) is 0.723. The van der Waals surface area contributed by atoms with Crippen LogP contribution in [-0.4, -0.2) is 9.55 Å². The molecule has 0 aliphatic rings. The standard InChI is InChI=1S/C22H17ClN2/c1-16-7-5-6-10-21(16)25-15-20(17-8-3-2-4-9-17)24-22(25)18-11-13-19(23)14-12-18/h2-15H,1H3. The van der Waals surface area contributed by atoms with Crippen LogP contribution in [0.1, 0.15) is 5.56 Å². The lowest BCUT2D eigenvalue weighted by Gasteiger charge is -2.10. The zero-order valence-corrected chi connectivity index (χ0v) is 14.6. The Morgan fingerprint density at radius 3 is 2.16 bits per heavy atom. The number of imidazole rings is 1. The second-order valence-corrected chi connectivity index (χ2v) is 6.42. The SMILES string of the molecule is Cc1ccccc1-n1cc(-c2ccccc2)nc1-c1ccc(Cl)cc1. The summed E-state index contributed by atoms with van der Waals surface area (Å²) in [6.07, 6.45) is 2.10. The van der Waals surface area contributed by atoms with Gasteiger partial charge in [0.1, 0.15) is 5.82 Å². The van der Waals surface area contributed by atoms with E-state index in [1.54, 1.807) is 0 Å². The Morgan fingerprint density at radius 1 is 0.760 bits per heavy atom. The normalized spacial score (nSPS) is 10.8. The van der Waals surface area contributed by atoms with E-state index >= 15 is 0 Å². The molecule has 122 valence electrons. The first-order valence-corrected chi connectivity index (χ1v) is 8.57. The maximum absolute atomic E-state index is 6.06. The highest BCUT2D eigenvalue weighted by Crippen LogP contribution is 2.29. The zero-order chi connectivity index (χ0) is 17.2. The number of halogens is 1. The van der Waals surface area contributed by atoms with E-state index in [-0.39, 0.29) is 0 Å². The van der Waals surface area contributed by atoms with Gasteiger partial charge >= 0.3 is 0 Å². The van der Waals surface area contributed by atoms with Gasteiger partial charge in [-0.2, -0.15) is 0 Å². The number of hydrogen-bond acceptors (Lipinski definition) is 1. The van der Waals surface area contributed by atoms with Crippen molar-refractivity contribution >= 4 is 11.6 Å². The molecule has 4 aromatic rings. The summed E-state index contributed by atoms with van der Waals surface area (Å²) in [6, 6.07) is 26.4. The maximum atomic E-state index is 6.06. The Morgan fingerprint density at radius 2 is 1.44 bits per heavy atom. The fraction of sp³-hybridized carbons (Fsp3) is 0.0455. The molecule has 3 aromatic carbocycles. The van der Waals surface area contributed by atoms with Crippen LogP contribution in [0.25, 0.3) is 28.3 Å². The van der Waals surface area contributed by atoms with Crippen molar-refractivity contribution in [1.82, 2.24) is 9.55 Å². The van der Waals surface area contributed by atoms with Crippen molar-refractivity contribution in [2.75, 3.05) is 0 Å². The highest BCUT2D eigenvalue weighted by atomic mass is 35.5. The van der Waals surface area contributed by atoms with E-state index < -0.39 is 0 Å². The highest BCUT2D eigenvalue weighted by Gasteiger charge is 2.14. The zero-order valence-electron chi connectivity index (χ0n) is 13.9. The molecule has 0 aliphatic heterocycles. The quantitative estimate of drug-likeness (QED) is 0.434. The number of benzene rings is 3. The Bertz CT molecular complexity index is 1000. The van der Waals surface area contributed by atoms with Crippen LogP contribution in [0.3, 0.4) is 0 Å². The molecular weight excluding hydrogens is 328 g/mol. The fourth-order valence-corrected chi connectivity index (χ4v) is 3.07. The number of rotatable bonds is 3. The van der Waals surface area contributed by atoms with Crippen LogP contribution in [0.4, 0.5) is 0 Å². The molecule has 4 rings (SSSR count). The van der Waals surface area contributed by atoms with Gasteiger partial charge in [-0.1, -0.05) is 60.1 Å². The Balaban J connectivity index is 1.93. The summed E-state index contributed by atoms with van der Waals surface area (Å²) < 4.78 is 2.15. The number of aromatic nitrogens is 2. The van der Waals surface area contributed by atoms with E-state index in [0.717, 1.165) is 33.4 Å². The van der Waals surface area contributed by atoms with Gasteiger partial charge in [0.15, 0.2) is 0 Å². The van der Waals surface area contributed by atoms with Crippen LogP contribution in [0.2, 0.25) is 5.02 Å². The molecule has 1 aromatic heterocycles. The molecule has 0 amide bonds. The van der Waals surface area contributed by atoms with Crippen molar-refractivity contribution < 1.29 is 0 Å². The third-order valence-electron chi connectivity index (χ3n) is 4.25. The molecular formula is C22H17ClN2. The molecule has 0 bridgehead atoms. The average molecular weight is 345 g/mol. The summed E-state index contributed by atoms with van der Waals surface area (Å²) >= 11 is 6.06. The number of aryl methyl sites for hydroxylation is 1. The molecule has 0 aliphatic carbocycles. The molecule has 0 N–H and O–H groups in total. The van der Waals surface area contributed by atoms with Crippen molar-refractivity contribution in [2.24, 2.45) is 0 Å². The first-order chi connectivity index (χ1) is 12.2. The van der Waals surface area contributed by atoms with Crippen molar-refractivity contribution in [2.45, 2.75) is 6.92 Å². The predicted molar refractivity (Wildman–Crippen MR) is 104 cm³/mol. The van der Waals surface area contributed by atoms with Crippen LogP contribution in [-0.2, 0) is 0 Å². The molecule has 0 saturated heterocycles. The van der Waals surface area contributed by atoms with Gasteiger partial charge in [0.2, 0.25) is 0 Å². The minimum atomic E-state index is 0.723. The number of hydrogen-bond donors (Lipinski definition) is 0. The minimum Gasteiger partial charge on any atom is -0.299 e. The Hall–Kier alpha value is -2.84. The Labute approximate surface area is 152 Å². The lowest BCUT2D eigenvalue weighted by Crippen LogP contribution is -1.98. The molecule has 0 saturated carbocycles. The molecule has 3 heteroatoms. The number of para-hydroxylation sites is 1. The first-order valence-electron chi connectivity index (χ1n) is 8.19. The van der Waals surface area contributed by atoms with E-state index in [0.29, 0.717) is 0 Å². The van der Waals surface area contributed by atoms with Gasteiger partial charge in [0.05, 0.1) is 5.69 Å². The van der Waals surface area contributed by atoms with Crippen LogP contribution in [0.5, 0.6) is 0 Å². The predicted octanol–water partition coefficient (Wildman–Crippen LogP) is 6.17. The lowest BCUT2D eigenvalue weighted by atomic mass is 10.1. The molecule has 0 fully saturated rings. The third kappa shape index (κ3) is 3.09. The molecule has 25 heavy (non-hydrogen) atoms. The van der Waals surface area contributed by atoms with Crippen LogP contribution >= 0.6 is 11.6 Å². The van der Waals surface area contributed by atoms with E-state index in [2.05, 4.69) is 54.1 Å². The monoisotopic (exact) mass is 344 g/mol. The van der Waals surface area contributed by atoms with Gasteiger partial charge < -0.3 is 0 Å². The molecule has 0 unspecified atom stereocenters. The van der Waals surface area contributed by atoms with E-state index in [1.165, 1.54) is 5.56 Å². The summed E-state index contributed by atoms with van der Waals surface area (Å²) in [5.74, 6) is 0.907. The largest absolute Gasteiger partial charge is 0.299 e. The van der Waals surface area contributed by atoms with Gasteiger partial charge in [-0.05, 0) is 42.8 Å². The van der Waals surface area contributed by atoms with Crippen LogP contribution in [0.15, 0.2) is 85.1 Å². The summed E-state index contributed by atoms with van der Waals surface area (Å²) in [4.78, 5) is 4.92. The summed E-state index contributed by atoms with van der Waals surface area (Å²) in [7, 11) is 0. The molecule has 1 heterocycles. The molecule has 2 nitrogen and oxygen atoms in total. The second kappa shape index (κ2) is 6.58. The molecule has 0 spiro atoms. The molecule has 0 radical (unpaired) electrons. The Kier molecular flexibility index (Phi) is 4.12. The third-order valence-corrected chi connectivity index (χ3v) is 4.50. The van der Waals surface area contributed by atoms with Crippen LogP contribution < -0.4 is 0 Å². The van der Waals surface area contributed by atoms with E-state index in [4.69, 9.17) is 16.6 Å². The smallest absolute Gasteiger partial charge is 0.145 e. The van der Waals surface area contributed by atoms with E-state index in [1.807, 2.05) is 42.5 Å². The van der Waals surface area contributed by atoms with Gasteiger partial charge in [0, 0.05) is 28.0 Å². The average Bonchev–Trinajstić information content (AvgIpc) is 3.09. The lowest BCUT2D eigenvalue weighted by molar-refractivity contribution is 1.05. The number of nitrogens with zero attached hydrogens (tertiary/aromatic N) is 2. The van der Waals surface area contributed by atoms with Crippen LogP contribution in [0, 0.1) is 6.92 Å². The summed E-state index contributed by atoms with van der Waals surface area (Å²) in [5.41, 5.74) is 5.42. The minimum absolute atomic E-state index is 0.723. The summed E-state index contributed by atoms with van der Waals surface area (Å²) in [6.45, 7) is 2.11. The first kappa shape index (κ1) is 15.7. The van der Waals surface area contributed by atoms with Gasteiger partial charge in [-0.25, -0.2) is 4.98 Å². The van der Waals surface area contributed by atoms with Crippen molar-refractivity contribution in [3.05, 3.63) is 95.6 Å². The second-order valence-electron chi connectivity index (χ2n) is 5.98. The van der Waals surface area contributed by atoms with Crippen molar-refractivity contribution in [3.63, 3.8) is 0 Å². The van der Waals surface area contributed by atoms with Gasteiger partial charge in [-0.3, -0.25) is 4.57 Å². The maximum Gasteiger partial charge on any atom is 0.145 e. The van der Waals surface area contributed by atoms with Gasteiger partial charge in [-0.15, -0.1) is 0 Å². The topological polar surface area (TPSA) is 17.8 Å². The van der Waals surface area contributed by atoms with Gasteiger partial charge in [0.25, 0.3) is 0 Å². The fourth-order valence-electron chi connectivity index (χ4n) is 2.95. The van der Waals surface area contributed by atoms with E-state index in [9.17, 15) is 0 Å². The van der Waals surface area contributed by atoms with Crippen molar-refractivity contribution in [1.29, 1.82) is 0 Å². The molecule has 0 atom stereocenters. The highest BCUT2D eigenvalue weighted by molar-refractivity contribution is 6.30. The van der Waals surface area contributed by atoms with Crippen molar-refractivity contribution in [3.8, 4) is 28.3 Å².